The Kier molecular flexibility index (Phi) is 5.44. The van der Waals surface area contributed by atoms with Crippen LogP contribution >= 0.6 is 0 Å². The summed E-state index contributed by atoms with van der Waals surface area (Å²) in [4.78, 5) is 14.2. The molecule has 1 aliphatic rings. The SMILES string of the molecule is CC(C)CC(C)(C)NC(=O)CN1CCCCC1. The molecule has 17 heavy (non-hydrogen) atoms. The average molecular weight is 240 g/mol. The van der Waals surface area contributed by atoms with Crippen molar-refractivity contribution in [3.05, 3.63) is 0 Å². The number of rotatable bonds is 5. The van der Waals surface area contributed by atoms with Gasteiger partial charge in [0.05, 0.1) is 6.54 Å². The summed E-state index contributed by atoms with van der Waals surface area (Å²) in [5.74, 6) is 0.790. The molecule has 1 rings (SSSR count). The normalized spacial score (nSPS) is 18.4. The number of carbonyl (C=O) groups is 1. The first-order valence-corrected chi connectivity index (χ1v) is 6.92. The van der Waals surface area contributed by atoms with Crippen LogP contribution < -0.4 is 5.32 Å². The number of carbonyl (C=O) groups excluding carboxylic acids is 1. The van der Waals surface area contributed by atoms with Gasteiger partial charge in [0.1, 0.15) is 0 Å². The van der Waals surface area contributed by atoms with Gasteiger partial charge in [0, 0.05) is 5.54 Å². The van der Waals surface area contributed by atoms with Crippen LogP contribution in [0.2, 0.25) is 0 Å². The van der Waals surface area contributed by atoms with E-state index in [0.717, 1.165) is 19.5 Å². The molecule has 1 N–H and O–H groups in total. The maximum atomic E-state index is 12.0. The molecule has 0 radical (unpaired) electrons. The van der Waals surface area contributed by atoms with Gasteiger partial charge in [-0.2, -0.15) is 0 Å². The van der Waals surface area contributed by atoms with Crippen LogP contribution in [0.3, 0.4) is 0 Å². The molecule has 0 saturated carbocycles. The largest absolute Gasteiger partial charge is 0.350 e. The second-order valence-corrected chi connectivity index (χ2v) is 6.37. The lowest BCUT2D eigenvalue weighted by atomic mass is 9.93. The molecule has 0 bridgehead atoms. The molecule has 0 aromatic carbocycles. The highest BCUT2D eigenvalue weighted by molar-refractivity contribution is 5.78. The molecule has 0 aromatic rings. The van der Waals surface area contributed by atoms with Crippen LogP contribution in [0.15, 0.2) is 0 Å². The Morgan fingerprint density at radius 2 is 1.82 bits per heavy atom. The fraction of sp³-hybridized carbons (Fsp3) is 0.929. The number of nitrogens with zero attached hydrogens (tertiary/aromatic N) is 1. The third-order valence-electron chi connectivity index (χ3n) is 3.21. The highest BCUT2D eigenvalue weighted by Crippen LogP contribution is 2.15. The fourth-order valence-electron chi connectivity index (χ4n) is 2.81. The Balaban J connectivity index is 2.32. The van der Waals surface area contributed by atoms with Crippen molar-refractivity contribution in [2.75, 3.05) is 19.6 Å². The van der Waals surface area contributed by atoms with Crippen molar-refractivity contribution >= 4 is 5.91 Å². The fourth-order valence-corrected chi connectivity index (χ4v) is 2.81. The summed E-state index contributed by atoms with van der Waals surface area (Å²) in [6.45, 7) is 11.3. The van der Waals surface area contributed by atoms with E-state index in [1.54, 1.807) is 0 Å². The first kappa shape index (κ1) is 14.5. The van der Waals surface area contributed by atoms with E-state index in [9.17, 15) is 4.79 Å². The second kappa shape index (κ2) is 6.39. The van der Waals surface area contributed by atoms with Crippen LogP contribution in [-0.2, 0) is 4.79 Å². The summed E-state index contributed by atoms with van der Waals surface area (Å²) in [5.41, 5.74) is -0.0823. The minimum atomic E-state index is -0.0823. The maximum Gasteiger partial charge on any atom is 0.234 e. The number of hydrogen-bond donors (Lipinski definition) is 1. The lowest BCUT2D eigenvalue weighted by Gasteiger charge is -2.31. The molecule has 100 valence electrons. The zero-order valence-corrected chi connectivity index (χ0v) is 11.9. The van der Waals surface area contributed by atoms with Gasteiger partial charge in [-0.15, -0.1) is 0 Å². The average Bonchev–Trinajstić information content (AvgIpc) is 2.15. The monoisotopic (exact) mass is 240 g/mol. The van der Waals surface area contributed by atoms with E-state index in [1.165, 1.54) is 19.3 Å². The minimum Gasteiger partial charge on any atom is -0.350 e. The van der Waals surface area contributed by atoms with Crippen LogP contribution in [0.1, 0.15) is 53.4 Å². The molecule has 1 amide bonds. The van der Waals surface area contributed by atoms with E-state index < -0.39 is 0 Å². The van der Waals surface area contributed by atoms with Crippen molar-refractivity contribution in [1.29, 1.82) is 0 Å². The molecule has 1 saturated heterocycles. The highest BCUT2D eigenvalue weighted by atomic mass is 16.2. The summed E-state index contributed by atoms with van der Waals surface area (Å²) in [7, 11) is 0. The molecular weight excluding hydrogens is 212 g/mol. The van der Waals surface area contributed by atoms with Gasteiger partial charge < -0.3 is 5.32 Å². The van der Waals surface area contributed by atoms with Crippen molar-refractivity contribution in [3.63, 3.8) is 0 Å². The van der Waals surface area contributed by atoms with Crippen molar-refractivity contribution in [2.24, 2.45) is 5.92 Å². The van der Waals surface area contributed by atoms with Crippen LogP contribution in [0, 0.1) is 5.92 Å². The van der Waals surface area contributed by atoms with E-state index >= 15 is 0 Å². The molecular formula is C14H28N2O. The van der Waals surface area contributed by atoms with E-state index in [4.69, 9.17) is 0 Å². The van der Waals surface area contributed by atoms with Gasteiger partial charge in [0.15, 0.2) is 0 Å². The van der Waals surface area contributed by atoms with Crippen molar-refractivity contribution in [2.45, 2.75) is 58.9 Å². The number of piperidine rings is 1. The number of amides is 1. The summed E-state index contributed by atoms with van der Waals surface area (Å²) < 4.78 is 0. The van der Waals surface area contributed by atoms with Gasteiger partial charge in [0.2, 0.25) is 5.91 Å². The Labute approximate surface area is 106 Å². The van der Waals surface area contributed by atoms with Crippen molar-refractivity contribution < 1.29 is 4.79 Å². The first-order chi connectivity index (χ1) is 7.89. The molecule has 1 aliphatic heterocycles. The first-order valence-electron chi connectivity index (χ1n) is 6.92. The molecule has 0 atom stereocenters. The van der Waals surface area contributed by atoms with Gasteiger partial charge in [-0.3, -0.25) is 9.69 Å². The topological polar surface area (TPSA) is 32.3 Å². The molecule has 1 heterocycles. The zero-order valence-electron chi connectivity index (χ0n) is 11.9. The quantitative estimate of drug-likeness (QED) is 0.800. The number of nitrogens with one attached hydrogen (secondary N) is 1. The van der Waals surface area contributed by atoms with Crippen molar-refractivity contribution in [1.82, 2.24) is 10.2 Å². The summed E-state index contributed by atoms with van der Waals surface area (Å²) in [5, 5.41) is 3.15. The third-order valence-corrected chi connectivity index (χ3v) is 3.21. The van der Waals surface area contributed by atoms with Crippen molar-refractivity contribution in [3.8, 4) is 0 Å². The van der Waals surface area contributed by atoms with Gasteiger partial charge in [0.25, 0.3) is 0 Å². The zero-order chi connectivity index (χ0) is 12.9. The number of hydrogen-bond acceptors (Lipinski definition) is 2. The molecule has 0 unspecified atom stereocenters. The molecule has 0 aromatic heterocycles. The second-order valence-electron chi connectivity index (χ2n) is 6.37. The Hall–Kier alpha value is -0.570. The van der Waals surface area contributed by atoms with Gasteiger partial charge in [-0.1, -0.05) is 20.3 Å². The van der Waals surface area contributed by atoms with Crippen LogP contribution in [-0.4, -0.2) is 36.0 Å². The van der Waals surface area contributed by atoms with E-state index in [1.807, 2.05) is 0 Å². The van der Waals surface area contributed by atoms with Gasteiger partial charge >= 0.3 is 0 Å². The smallest absolute Gasteiger partial charge is 0.234 e. The lowest BCUT2D eigenvalue weighted by Crippen LogP contribution is -2.49. The molecule has 3 heteroatoms. The molecule has 3 nitrogen and oxygen atoms in total. The molecule has 0 aliphatic carbocycles. The van der Waals surface area contributed by atoms with E-state index in [2.05, 4.69) is 37.9 Å². The predicted octanol–water partition coefficient (Wildman–Crippen LogP) is 2.41. The highest BCUT2D eigenvalue weighted by Gasteiger charge is 2.23. The number of likely N-dealkylation sites (tertiary alicyclic amines) is 1. The predicted molar refractivity (Wildman–Crippen MR) is 72.0 cm³/mol. The van der Waals surface area contributed by atoms with Crippen LogP contribution in [0.5, 0.6) is 0 Å². The van der Waals surface area contributed by atoms with Crippen LogP contribution in [0.4, 0.5) is 0 Å². The van der Waals surface area contributed by atoms with E-state index in [-0.39, 0.29) is 11.4 Å². The minimum absolute atomic E-state index is 0.0823. The Morgan fingerprint density at radius 1 is 1.24 bits per heavy atom. The van der Waals surface area contributed by atoms with Crippen LogP contribution in [0.25, 0.3) is 0 Å². The van der Waals surface area contributed by atoms with E-state index in [0.29, 0.717) is 12.5 Å². The maximum absolute atomic E-state index is 12.0. The summed E-state index contributed by atoms with van der Waals surface area (Å²) in [6.07, 6.45) is 4.82. The summed E-state index contributed by atoms with van der Waals surface area (Å²) in [6, 6.07) is 0. The summed E-state index contributed by atoms with van der Waals surface area (Å²) >= 11 is 0. The lowest BCUT2D eigenvalue weighted by molar-refractivity contribution is -0.124. The van der Waals surface area contributed by atoms with Gasteiger partial charge in [-0.05, 0) is 52.1 Å². The van der Waals surface area contributed by atoms with Gasteiger partial charge in [-0.25, -0.2) is 0 Å². The molecule has 1 fully saturated rings. The Morgan fingerprint density at radius 3 is 2.35 bits per heavy atom. The molecule has 0 spiro atoms. The standard InChI is InChI=1S/C14H28N2O/c1-12(2)10-14(3,4)15-13(17)11-16-8-6-5-7-9-16/h12H,5-11H2,1-4H3,(H,15,17). The Bertz CT molecular complexity index is 243. The third kappa shape index (κ3) is 6.06.